The minimum absolute atomic E-state index is 0.425. The van der Waals surface area contributed by atoms with Crippen molar-refractivity contribution >= 4 is 11.7 Å². The zero-order valence-corrected chi connectivity index (χ0v) is 11.0. The first-order valence-electron chi connectivity index (χ1n) is 5.93. The summed E-state index contributed by atoms with van der Waals surface area (Å²) < 4.78 is 0. The fourth-order valence-electron chi connectivity index (χ4n) is 1.56. The van der Waals surface area contributed by atoms with Crippen molar-refractivity contribution in [3.8, 4) is 0 Å². The highest BCUT2D eigenvalue weighted by atomic mass is 16.4. The summed E-state index contributed by atoms with van der Waals surface area (Å²) in [5, 5.41) is 12.2. The van der Waals surface area contributed by atoms with E-state index in [2.05, 4.69) is 31.3 Å². The van der Waals surface area contributed by atoms with Crippen molar-refractivity contribution in [3.05, 3.63) is 29.3 Å². The lowest BCUT2D eigenvalue weighted by atomic mass is 9.93. The van der Waals surface area contributed by atoms with Crippen molar-refractivity contribution in [2.75, 3.05) is 11.9 Å². The normalized spacial score (nSPS) is 11.3. The summed E-state index contributed by atoms with van der Waals surface area (Å²) in [6, 6.07) is 6.15. The maximum absolute atomic E-state index is 11.0. The predicted octanol–water partition coefficient (Wildman–Crippen LogP) is 3.08. The van der Waals surface area contributed by atoms with Crippen LogP contribution in [0.4, 0.5) is 5.69 Å². The van der Waals surface area contributed by atoms with Crippen LogP contribution in [0.3, 0.4) is 0 Å². The number of carboxylic acid groups (broad SMARTS) is 1. The monoisotopic (exact) mass is 235 g/mol. The predicted molar refractivity (Wildman–Crippen MR) is 70.5 cm³/mol. The Balaban J connectivity index is 2.73. The Morgan fingerprint density at radius 3 is 2.59 bits per heavy atom. The molecule has 0 unspecified atom stereocenters. The van der Waals surface area contributed by atoms with Crippen LogP contribution >= 0.6 is 0 Å². The van der Waals surface area contributed by atoms with Crippen molar-refractivity contribution in [2.24, 2.45) is 5.41 Å². The molecule has 0 aliphatic heterocycles. The van der Waals surface area contributed by atoms with E-state index in [1.54, 1.807) is 13.8 Å². The zero-order valence-electron chi connectivity index (χ0n) is 11.0. The Bertz CT molecular complexity index is 411. The molecule has 0 aromatic heterocycles. The van der Waals surface area contributed by atoms with Crippen LogP contribution in [0, 0.1) is 12.3 Å². The summed E-state index contributed by atoms with van der Waals surface area (Å²) in [5.41, 5.74) is 2.80. The van der Waals surface area contributed by atoms with Gasteiger partial charge in [0.25, 0.3) is 0 Å². The quantitative estimate of drug-likeness (QED) is 0.824. The number of rotatable bonds is 5. The van der Waals surface area contributed by atoms with Gasteiger partial charge in [-0.15, -0.1) is 0 Å². The molecule has 3 nitrogen and oxygen atoms in total. The van der Waals surface area contributed by atoms with E-state index < -0.39 is 11.4 Å². The van der Waals surface area contributed by atoms with Crippen LogP contribution in [-0.2, 0) is 11.2 Å². The lowest BCUT2D eigenvalue weighted by molar-refractivity contribution is -0.146. The van der Waals surface area contributed by atoms with Gasteiger partial charge < -0.3 is 10.4 Å². The number of carboxylic acids is 1. The molecule has 94 valence electrons. The molecule has 1 rings (SSSR count). The van der Waals surface area contributed by atoms with E-state index in [0.29, 0.717) is 6.54 Å². The zero-order chi connectivity index (χ0) is 13.1. The van der Waals surface area contributed by atoms with Crippen LogP contribution in [0.1, 0.15) is 31.9 Å². The molecule has 0 bridgehead atoms. The summed E-state index contributed by atoms with van der Waals surface area (Å²) >= 11 is 0. The number of anilines is 1. The number of benzene rings is 1. The van der Waals surface area contributed by atoms with Gasteiger partial charge in [0.2, 0.25) is 0 Å². The van der Waals surface area contributed by atoms with Gasteiger partial charge in [0, 0.05) is 12.2 Å². The minimum atomic E-state index is -0.784. The number of aryl methyl sites for hydroxylation is 2. The molecule has 0 fully saturated rings. The fraction of sp³-hybridized carbons (Fsp3) is 0.500. The van der Waals surface area contributed by atoms with E-state index in [0.717, 1.165) is 12.1 Å². The molecule has 0 radical (unpaired) electrons. The summed E-state index contributed by atoms with van der Waals surface area (Å²) in [4.78, 5) is 11.0. The summed E-state index contributed by atoms with van der Waals surface area (Å²) in [6.45, 7) is 8.07. The van der Waals surface area contributed by atoms with Crippen LogP contribution < -0.4 is 5.32 Å². The summed E-state index contributed by atoms with van der Waals surface area (Å²) in [6.07, 6.45) is 0.990. The van der Waals surface area contributed by atoms with E-state index in [4.69, 9.17) is 5.11 Å². The van der Waals surface area contributed by atoms with E-state index >= 15 is 0 Å². The average Bonchev–Trinajstić information content (AvgIpc) is 2.28. The maximum Gasteiger partial charge on any atom is 0.310 e. The SMILES string of the molecule is CCc1cc(NCC(C)(C)C(=O)O)ccc1C. The molecule has 0 aliphatic rings. The van der Waals surface area contributed by atoms with E-state index in [9.17, 15) is 4.79 Å². The number of hydrogen-bond donors (Lipinski definition) is 2. The van der Waals surface area contributed by atoms with Crippen molar-refractivity contribution < 1.29 is 9.90 Å². The van der Waals surface area contributed by atoms with Crippen LogP contribution in [0.25, 0.3) is 0 Å². The van der Waals surface area contributed by atoms with Gasteiger partial charge in [0.1, 0.15) is 0 Å². The second kappa shape index (κ2) is 5.21. The Morgan fingerprint density at radius 2 is 2.06 bits per heavy atom. The molecule has 1 aromatic carbocycles. The molecule has 0 saturated carbocycles. The van der Waals surface area contributed by atoms with E-state index in [1.807, 2.05) is 6.07 Å². The van der Waals surface area contributed by atoms with Gasteiger partial charge in [0.15, 0.2) is 0 Å². The van der Waals surface area contributed by atoms with Gasteiger partial charge in [-0.2, -0.15) is 0 Å². The number of aliphatic carboxylic acids is 1. The van der Waals surface area contributed by atoms with Crippen LogP contribution in [0.5, 0.6) is 0 Å². The average molecular weight is 235 g/mol. The molecule has 0 atom stereocenters. The molecular formula is C14H21NO2. The minimum Gasteiger partial charge on any atom is -0.481 e. The first-order chi connectivity index (χ1) is 7.86. The number of nitrogens with one attached hydrogen (secondary N) is 1. The Kier molecular flexibility index (Phi) is 4.16. The highest BCUT2D eigenvalue weighted by molar-refractivity contribution is 5.74. The van der Waals surface area contributed by atoms with Crippen molar-refractivity contribution in [2.45, 2.75) is 34.1 Å². The van der Waals surface area contributed by atoms with Gasteiger partial charge in [-0.25, -0.2) is 0 Å². The third-order valence-electron chi connectivity index (χ3n) is 3.04. The first kappa shape index (κ1) is 13.6. The Morgan fingerprint density at radius 1 is 1.41 bits per heavy atom. The molecule has 2 N–H and O–H groups in total. The van der Waals surface area contributed by atoms with E-state index in [-0.39, 0.29) is 0 Å². The van der Waals surface area contributed by atoms with Gasteiger partial charge >= 0.3 is 5.97 Å². The highest BCUT2D eigenvalue weighted by Gasteiger charge is 2.26. The van der Waals surface area contributed by atoms with Gasteiger partial charge in [0.05, 0.1) is 5.41 Å². The summed E-state index contributed by atoms with van der Waals surface area (Å²) in [7, 11) is 0. The van der Waals surface area contributed by atoms with Gasteiger partial charge in [-0.1, -0.05) is 13.0 Å². The molecule has 1 aromatic rings. The topological polar surface area (TPSA) is 49.3 Å². The number of hydrogen-bond acceptors (Lipinski definition) is 2. The lowest BCUT2D eigenvalue weighted by Crippen LogP contribution is -2.31. The molecule has 17 heavy (non-hydrogen) atoms. The van der Waals surface area contributed by atoms with Crippen LogP contribution in [0.2, 0.25) is 0 Å². The van der Waals surface area contributed by atoms with Crippen molar-refractivity contribution in [1.82, 2.24) is 0 Å². The fourth-order valence-corrected chi connectivity index (χ4v) is 1.56. The van der Waals surface area contributed by atoms with Gasteiger partial charge in [-0.05, 0) is 50.5 Å². The molecule has 0 saturated heterocycles. The largest absolute Gasteiger partial charge is 0.481 e. The lowest BCUT2D eigenvalue weighted by Gasteiger charge is -2.20. The molecular weight excluding hydrogens is 214 g/mol. The smallest absolute Gasteiger partial charge is 0.310 e. The second-order valence-corrected chi connectivity index (χ2v) is 5.04. The molecule has 0 heterocycles. The second-order valence-electron chi connectivity index (χ2n) is 5.04. The highest BCUT2D eigenvalue weighted by Crippen LogP contribution is 2.19. The third-order valence-corrected chi connectivity index (χ3v) is 3.04. The molecule has 0 spiro atoms. The Labute approximate surface area is 103 Å². The summed E-state index contributed by atoms with van der Waals surface area (Å²) in [5.74, 6) is -0.784. The van der Waals surface area contributed by atoms with Crippen LogP contribution in [-0.4, -0.2) is 17.6 Å². The molecule has 0 aliphatic carbocycles. The number of carbonyl (C=O) groups is 1. The maximum atomic E-state index is 11.0. The van der Waals surface area contributed by atoms with Gasteiger partial charge in [-0.3, -0.25) is 4.79 Å². The van der Waals surface area contributed by atoms with Crippen molar-refractivity contribution in [1.29, 1.82) is 0 Å². The Hall–Kier alpha value is -1.51. The molecule has 0 amide bonds. The first-order valence-corrected chi connectivity index (χ1v) is 5.93. The molecule has 3 heteroatoms. The standard InChI is InChI=1S/C14H21NO2/c1-5-11-8-12(7-6-10(11)2)15-9-14(3,4)13(16)17/h6-8,15H,5,9H2,1-4H3,(H,16,17). The van der Waals surface area contributed by atoms with Crippen molar-refractivity contribution in [3.63, 3.8) is 0 Å². The van der Waals surface area contributed by atoms with E-state index in [1.165, 1.54) is 11.1 Å². The third kappa shape index (κ3) is 3.48. The van der Waals surface area contributed by atoms with Crippen LogP contribution in [0.15, 0.2) is 18.2 Å².